The lowest BCUT2D eigenvalue weighted by Crippen LogP contribution is -2.26. The molecule has 0 bridgehead atoms. The Morgan fingerprint density at radius 3 is 2.69 bits per heavy atom. The number of carbonyl (C=O) groups excluding carboxylic acids is 1. The average molecular weight is 461 g/mol. The molecular weight excluding hydrogens is 444 g/mol. The van der Waals surface area contributed by atoms with Crippen molar-refractivity contribution in [3.05, 3.63) is 93.7 Å². The number of benzene rings is 3. The van der Waals surface area contributed by atoms with Gasteiger partial charge in [0.25, 0.3) is 5.56 Å². The van der Waals surface area contributed by atoms with E-state index in [0.717, 1.165) is 0 Å². The summed E-state index contributed by atoms with van der Waals surface area (Å²) >= 11 is 7.33. The number of hydrogen-bond acceptors (Lipinski definition) is 5. The van der Waals surface area contributed by atoms with Crippen LogP contribution in [0.25, 0.3) is 16.6 Å². The molecular formula is C24H17ClN4O2S. The van der Waals surface area contributed by atoms with Gasteiger partial charge in [0.05, 0.1) is 33.5 Å². The van der Waals surface area contributed by atoms with E-state index in [1.807, 2.05) is 12.1 Å². The van der Waals surface area contributed by atoms with Gasteiger partial charge in [0, 0.05) is 10.7 Å². The molecule has 158 valence electrons. The fraction of sp³-hybridized carbons (Fsp3) is 0.0833. The summed E-state index contributed by atoms with van der Waals surface area (Å²) in [5.41, 5.74) is 1.86. The molecule has 8 heteroatoms. The SMILES string of the molecule is C[C@H](Sc1nc2ccccc2c(=O)n1-c1cccc(Cl)c1)C(=O)Nc1cccc(C#N)c1. The highest BCUT2D eigenvalue weighted by Gasteiger charge is 2.20. The van der Waals surface area contributed by atoms with Gasteiger partial charge in [0.15, 0.2) is 5.16 Å². The van der Waals surface area contributed by atoms with Crippen LogP contribution in [-0.2, 0) is 4.79 Å². The minimum atomic E-state index is -0.570. The maximum absolute atomic E-state index is 13.3. The van der Waals surface area contributed by atoms with E-state index in [2.05, 4.69) is 10.3 Å². The van der Waals surface area contributed by atoms with Gasteiger partial charge in [-0.15, -0.1) is 0 Å². The Balaban J connectivity index is 1.71. The summed E-state index contributed by atoms with van der Waals surface area (Å²) in [6, 6.07) is 22.7. The van der Waals surface area contributed by atoms with E-state index in [0.29, 0.717) is 38.0 Å². The Hall–Kier alpha value is -3.60. The van der Waals surface area contributed by atoms with Gasteiger partial charge in [-0.25, -0.2) is 4.98 Å². The lowest BCUT2D eigenvalue weighted by molar-refractivity contribution is -0.115. The van der Waals surface area contributed by atoms with Gasteiger partial charge < -0.3 is 5.32 Å². The zero-order valence-corrected chi connectivity index (χ0v) is 18.5. The highest BCUT2D eigenvalue weighted by atomic mass is 35.5. The van der Waals surface area contributed by atoms with Gasteiger partial charge in [-0.3, -0.25) is 14.2 Å². The van der Waals surface area contributed by atoms with E-state index in [9.17, 15) is 9.59 Å². The molecule has 1 amide bonds. The number of halogens is 1. The van der Waals surface area contributed by atoms with E-state index >= 15 is 0 Å². The molecule has 0 saturated carbocycles. The predicted octanol–water partition coefficient (Wildman–Crippen LogP) is 5.03. The first-order valence-corrected chi connectivity index (χ1v) is 11.0. The largest absolute Gasteiger partial charge is 0.325 e. The van der Waals surface area contributed by atoms with Crippen molar-refractivity contribution in [3.8, 4) is 11.8 Å². The fourth-order valence-electron chi connectivity index (χ4n) is 3.16. The molecule has 3 aromatic carbocycles. The van der Waals surface area contributed by atoms with Crippen molar-refractivity contribution in [2.45, 2.75) is 17.3 Å². The number of fused-ring (bicyclic) bond motifs is 1. The Labute approximate surface area is 193 Å². The van der Waals surface area contributed by atoms with Crippen molar-refractivity contribution in [2.24, 2.45) is 0 Å². The summed E-state index contributed by atoms with van der Waals surface area (Å²) in [6.07, 6.45) is 0. The van der Waals surface area contributed by atoms with Crippen molar-refractivity contribution in [1.82, 2.24) is 9.55 Å². The van der Waals surface area contributed by atoms with E-state index < -0.39 is 5.25 Å². The third-order valence-corrected chi connectivity index (χ3v) is 6.01. The molecule has 1 heterocycles. The fourth-order valence-corrected chi connectivity index (χ4v) is 4.27. The van der Waals surface area contributed by atoms with Crippen LogP contribution in [0.3, 0.4) is 0 Å². The lowest BCUT2D eigenvalue weighted by atomic mass is 10.2. The molecule has 0 aliphatic rings. The highest BCUT2D eigenvalue weighted by molar-refractivity contribution is 8.00. The topological polar surface area (TPSA) is 87.8 Å². The van der Waals surface area contributed by atoms with E-state index in [1.54, 1.807) is 73.7 Å². The van der Waals surface area contributed by atoms with Gasteiger partial charge in [-0.2, -0.15) is 5.26 Å². The van der Waals surface area contributed by atoms with E-state index in [4.69, 9.17) is 16.9 Å². The third kappa shape index (κ3) is 4.52. The first kappa shape index (κ1) is 21.6. The molecule has 0 aliphatic heterocycles. The summed E-state index contributed by atoms with van der Waals surface area (Å²) in [7, 11) is 0. The van der Waals surface area contributed by atoms with Crippen LogP contribution in [0.15, 0.2) is 82.7 Å². The number of amides is 1. The molecule has 0 aliphatic carbocycles. The number of nitrogens with zero attached hydrogens (tertiary/aromatic N) is 3. The second kappa shape index (κ2) is 9.27. The van der Waals surface area contributed by atoms with Gasteiger partial charge in [-0.1, -0.05) is 47.6 Å². The predicted molar refractivity (Wildman–Crippen MR) is 127 cm³/mol. The monoisotopic (exact) mass is 460 g/mol. The molecule has 32 heavy (non-hydrogen) atoms. The summed E-state index contributed by atoms with van der Waals surface area (Å²) in [4.78, 5) is 30.8. The maximum atomic E-state index is 13.3. The summed E-state index contributed by atoms with van der Waals surface area (Å²) in [6.45, 7) is 1.73. The van der Waals surface area contributed by atoms with Crippen molar-refractivity contribution < 1.29 is 4.79 Å². The Morgan fingerprint density at radius 1 is 1.12 bits per heavy atom. The second-order valence-electron chi connectivity index (χ2n) is 6.97. The smallest absolute Gasteiger partial charge is 0.266 e. The van der Waals surface area contributed by atoms with Crippen molar-refractivity contribution >= 4 is 45.9 Å². The lowest BCUT2D eigenvalue weighted by Gasteiger charge is -2.16. The molecule has 0 fully saturated rings. The van der Waals surface area contributed by atoms with Crippen molar-refractivity contribution in [2.75, 3.05) is 5.32 Å². The summed E-state index contributed by atoms with van der Waals surface area (Å²) in [5.74, 6) is -0.273. The van der Waals surface area contributed by atoms with Crippen LogP contribution < -0.4 is 10.9 Å². The standard InChI is InChI=1S/C24H17ClN4O2S/c1-15(22(30)27-18-8-4-6-16(12-18)14-26)32-24-28-21-11-3-2-10-20(21)23(31)29(24)19-9-5-7-17(25)13-19/h2-13,15H,1H3,(H,27,30)/t15-/m0/s1. The maximum Gasteiger partial charge on any atom is 0.266 e. The molecule has 6 nitrogen and oxygen atoms in total. The van der Waals surface area contributed by atoms with E-state index in [-0.39, 0.29) is 11.5 Å². The first-order chi connectivity index (χ1) is 15.5. The molecule has 0 spiro atoms. The van der Waals surface area contributed by atoms with Crippen LogP contribution in [0.2, 0.25) is 5.02 Å². The minimum Gasteiger partial charge on any atom is -0.325 e. The number of hydrogen-bond donors (Lipinski definition) is 1. The molecule has 0 unspecified atom stereocenters. The minimum absolute atomic E-state index is 0.241. The van der Waals surface area contributed by atoms with Crippen LogP contribution in [0.1, 0.15) is 12.5 Å². The van der Waals surface area contributed by atoms with Gasteiger partial charge in [0.2, 0.25) is 5.91 Å². The summed E-state index contributed by atoms with van der Waals surface area (Å²) in [5, 5.41) is 12.6. The molecule has 0 saturated heterocycles. The molecule has 4 rings (SSSR count). The van der Waals surface area contributed by atoms with Crippen LogP contribution in [0.5, 0.6) is 0 Å². The number of nitrogens with one attached hydrogen (secondary N) is 1. The number of para-hydroxylation sites is 1. The van der Waals surface area contributed by atoms with Crippen LogP contribution in [0.4, 0.5) is 5.69 Å². The normalized spacial score (nSPS) is 11.7. The van der Waals surface area contributed by atoms with Crippen LogP contribution in [0, 0.1) is 11.3 Å². The number of aromatic nitrogens is 2. The molecule has 0 radical (unpaired) electrons. The first-order valence-electron chi connectivity index (χ1n) is 9.71. The number of thioether (sulfide) groups is 1. The highest BCUT2D eigenvalue weighted by Crippen LogP contribution is 2.27. The number of nitriles is 1. The van der Waals surface area contributed by atoms with Gasteiger partial charge in [-0.05, 0) is 55.5 Å². The number of carbonyl (C=O) groups is 1. The van der Waals surface area contributed by atoms with Gasteiger partial charge in [0.1, 0.15) is 0 Å². The quantitative estimate of drug-likeness (QED) is 0.333. The van der Waals surface area contributed by atoms with Crippen molar-refractivity contribution in [3.63, 3.8) is 0 Å². The summed E-state index contributed by atoms with van der Waals surface area (Å²) < 4.78 is 1.47. The molecule has 4 aromatic rings. The molecule has 1 aromatic heterocycles. The Kier molecular flexibility index (Phi) is 6.26. The number of anilines is 1. The Bertz CT molecular complexity index is 1430. The molecule has 1 N–H and O–H groups in total. The molecule has 1 atom stereocenters. The zero-order valence-electron chi connectivity index (χ0n) is 16.9. The van der Waals surface area contributed by atoms with Crippen molar-refractivity contribution in [1.29, 1.82) is 5.26 Å². The van der Waals surface area contributed by atoms with Crippen LogP contribution in [-0.4, -0.2) is 20.7 Å². The van der Waals surface area contributed by atoms with Gasteiger partial charge >= 0.3 is 0 Å². The van der Waals surface area contributed by atoms with Crippen LogP contribution >= 0.6 is 23.4 Å². The second-order valence-corrected chi connectivity index (χ2v) is 8.72. The average Bonchev–Trinajstić information content (AvgIpc) is 2.79. The number of rotatable bonds is 5. The van der Waals surface area contributed by atoms with E-state index in [1.165, 1.54) is 16.3 Å². The zero-order chi connectivity index (χ0) is 22.7. The Morgan fingerprint density at radius 2 is 1.91 bits per heavy atom. The third-order valence-electron chi connectivity index (χ3n) is 4.72.